The lowest BCUT2D eigenvalue weighted by Crippen LogP contribution is -2.29. The van der Waals surface area contributed by atoms with Gasteiger partial charge in [-0.05, 0) is 25.3 Å². The molecule has 0 aromatic heterocycles. The number of rotatable bonds is 3. The Labute approximate surface area is 102 Å². The highest BCUT2D eigenvalue weighted by Gasteiger charge is 2.23. The van der Waals surface area contributed by atoms with Crippen LogP contribution in [0.15, 0.2) is 24.3 Å². The minimum Gasteiger partial charge on any atom is -0.391 e. The molecular formula is C14H19NO2. The van der Waals surface area contributed by atoms with Crippen molar-refractivity contribution in [2.75, 3.05) is 13.1 Å². The largest absolute Gasteiger partial charge is 0.391 e. The smallest absolute Gasteiger partial charge is 0.222 e. The number of β-amino-alcohol motifs (C(OH)–C–C–N with tert-alkyl or cyclic N) is 1. The van der Waals surface area contributed by atoms with Gasteiger partial charge in [-0.2, -0.15) is 0 Å². The van der Waals surface area contributed by atoms with Crippen LogP contribution in [0.25, 0.3) is 0 Å². The molecule has 1 fully saturated rings. The molecule has 17 heavy (non-hydrogen) atoms. The summed E-state index contributed by atoms with van der Waals surface area (Å²) in [5.41, 5.74) is 2.44. The van der Waals surface area contributed by atoms with Crippen LogP contribution in [0.4, 0.5) is 0 Å². The zero-order valence-corrected chi connectivity index (χ0v) is 10.2. The molecule has 1 heterocycles. The molecule has 0 saturated carbocycles. The van der Waals surface area contributed by atoms with E-state index >= 15 is 0 Å². The average Bonchev–Trinajstić information content (AvgIpc) is 2.75. The quantitative estimate of drug-likeness (QED) is 0.860. The van der Waals surface area contributed by atoms with E-state index in [2.05, 4.69) is 31.2 Å². The minimum atomic E-state index is -0.321. The van der Waals surface area contributed by atoms with Gasteiger partial charge >= 0.3 is 0 Å². The number of aryl methyl sites for hydroxylation is 2. The maximum Gasteiger partial charge on any atom is 0.222 e. The van der Waals surface area contributed by atoms with Crippen LogP contribution < -0.4 is 0 Å². The van der Waals surface area contributed by atoms with Crippen LogP contribution in [0.3, 0.4) is 0 Å². The maximum atomic E-state index is 11.8. The second kappa shape index (κ2) is 5.32. The molecular weight excluding hydrogens is 214 g/mol. The number of aliphatic hydroxyl groups is 1. The zero-order chi connectivity index (χ0) is 12.3. The Balaban J connectivity index is 1.82. The van der Waals surface area contributed by atoms with Gasteiger partial charge in [0, 0.05) is 19.5 Å². The Morgan fingerprint density at radius 2 is 2.12 bits per heavy atom. The van der Waals surface area contributed by atoms with Crippen molar-refractivity contribution < 1.29 is 9.90 Å². The van der Waals surface area contributed by atoms with Gasteiger partial charge in [0.05, 0.1) is 6.10 Å². The summed E-state index contributed by atoms with van der Waals surface area (Å²) in [6.07, 6.45) is 1.72. The first-order valence-corrected chi connectivity index (χ1v) is 6.16. The monoisotopic (exact) mass is 233 g/mol. The van der Waals surface area contributed by atoms with Crippen molar-refractivity contribution in [2.24, 2.45) is 0 Å². The van der Waals surface area contributed by atoms with Gasteiger partial charge in [0.25, 0.3) is 0 Å². The summed E-state index contributed by atoms with van der Waals surface area (Å²) in [6, 6.07) is 8.28. The molecule has 1 aliphatic rings. The molecule has 1 amide bonds. The van der Waals surface area contributed by atoms with Crippen molar-refractivity contribution >= 4 is 5.91 Å². The Kier molecular flexibility index (Phi) is 3.79. The van der Waals surface area contributed by atoms with Gasteiger partial charge in [-0.25, -0.2) is 0 Å². The molecule has 92 valence electrons. The molecule has 3 heteroatoms. The number of hydrogen-bond donors (Lipinski definition) is 1. The van der Waals surface area contributed by atoms with Crippen LogP contribution in [-0.2, 0) is 11.2 Å². The molecule has 1 aliphatic heterocycles. The van der Waals surface area contributed by atoms with Crippen LogP contribution in [0.5, 0.6) is 0 Å². The van der Waals surface area contributed by atoms with Gasteiger partial charge in [0.15, 0.2) is 0 Å². The van der Waals surface area contributed by atoms with E-state index in [1.807, 2.05) is 0 Å². The van der Waals surface area contributed by atoms with Gasteiger partial charge in [-0.15, -0.1) is 0 Å². The fraction of sp³-hybridized carbons (Fsp3) is 0.500. The van der Waals surface area contributed by atoms with Crippen LogP contribution in [0, 0.1) is 6.92 Å². The first-order chi connectivity index (χ1) is 8.15. The first kappa shape index (κ1) is 12.1. The second-order valence-electron chi connectivity index (χ2n) is 4.77. The Morgan fingerprint density at radius 1 is 1.41 bits per heavy atom. The number of carbonyl (C=O) groups excluding carboxylic acids is 1. The highest BCUT2D eigenvalue weighted by Crippen LogP contribution is 2.12. The van der Waals surface area contributed by atoms with E-state index < -0.39 is 0 Å². The second-order valence-corrected chi connectivity index (χ2v) is 4.77. The molecule has 1 N–H and O–H groups in total. The number of likely N-dealkylation sites (tertiary alicyclic amines) is 1. The van der Waals surface area contributed by atoms with Crippen molar-refractivity contribution in [3.8, 4) is 0 Å². The predicted molar refractivity (Wildman–Crippen MR) is 66.7 cm³/mol. The van der Waals surface area contributed by atoms with E-state index in [0.29, 0.717) is 19.5 Å². The molecule has 0 bridgehead atoms. The Hall–Kier alpha value is -1.35. The average molecular weight is 233 g/mol. The number of amides is 1. The van der Waals surface area contributed by atoms with Crippen molar-refractivity contribution in [1.29, 1.82) is 0 Å². The van der Waals surface area contributed by atoms with Crippen LogP contribution >= 0.6 is 0 Å². The molecule has 0 unspecified atom stereocenters. The summed E-state index contributed by atoms with van der Waals surface area (Å²) in [5, 5.41) is 9.37. The summed E-state index contributed by atoms with van der Waals surface area (Å²) < 4.78 is 0. The van der Waals surface area contributed by atoms with Gasteiger partial charge in [-0.3, -0.25) is 4.79 Å². The van der Waals surface area contributed by atoms with Gasteiger partial charge < -0.3 is 10.0 Å². The third-order valence-corrected chi connectivity index (χ3v) is 3.26. The standard InChI is InChI=1S/C14H19NO2/c1-11-2-4-12(5-3-11)6-7-14(17)15-9-8-13(16)10-15/h2-5,13,16H,6-10H2,1H3/t13-/m1/s1. The molecule has 0 spiro atoms. The maximum absolute atomic E-state index is 11.8. The number of carbonyl (C=O) groups is 1. The predicted octanol–water partition coefficient (Wildman–Crippen LogP) is 1.52. The molecule has 2 rings (SSSR count). The van der Waals surface area contributed by atoms with E-state index in [4.69, 9.17) is 0 Å². The zero-order valence-electron chi connectivity index (χ0n) is 10.2. The Morgan fingerprint density at radius 3 is 2.71 bits per heavy atom. The van der Waals surface area contributed by atoms with E-state index in [1.165, 1.54) is 11.1 Å². The molecule has 1 saturated heterocycles. The van der Waals surface area contributed by atoms with Crippen LogP contribution in [0.2, 0.25) is 0 Å². The number of benzene rings is 1. The first-order valence-electron chi connectivity index (χ1n) is 6.16. The van der Waals surface area contributed by atoms with E-state index in [-0.39, 0.29) is 12.0 Å². The number of hydrogen-bond acceptors (Lipinski definition) is 2. The molecule has 0 aliphatic carbocycles. The summed E-state index contributed by atoms with van der Waals surface area (Å²) in [6.45, 7) is 3.27. The highest BCUT2D eigenvalue weighted by atomic mass is 16.3. The normalized spacial score (nSPS) is 19.6. The van der Waals surface area contributed by atoms with Crippen molar-refractivity contribution in [3.63, 3.8) is 0 Å². The van der Waals surface area contributed by atoms with Crippen LogP contribution in [0.1, 0.15) is 24.0 Å². The molecule has 1 atom stereocenters. The third-order valence-electron chi connectivity index (χ3n) is 3.26. The van der Waals surface area contributed by atoms with Crippen molar-refractivity contribution in [3.05, 3.63) is 35.4 Å². The SMILES string of the molecule is Cc1ccc(CCC(=O)N2CC[C@@H](O)C2)cc1. The summed E-state index contributed by atoms with van der Waals surface area (Å²) in [4.78, 5) is 13.6. The number of aliphatic hydroxyl groups excluding tert-OH is 1. The molecule has 3 nitrogen and oxygen atoms in total. The van der Waals surface area contributed by atoms with E-state index in [0.717, 1.165) is 12.8 Å². The van der Waals surface area contributed by atoms with Crippen molar-refractivity contribution in [1.82, 2.24) is 4.90 Å². The van der Waals surface area contributed by atoms with Gasteiger partial charge in [0.1, 0.15) is 0 Å². The topological polar surface area (TPSA) is 40.5 Å². The third kappa shape index (κ3) is 3.30. The fourth-order valence-electron chi connectivity index (χ4n) is 2.13. The summed E-state index contributed by atoms with van der Waals surface area (Å²) in [7, 11) is 0. The number of nitrogens with zero attached hydrogens (tertiary/aromatic N) is 1. The lowest BCUT2D eigenvalue weighted by molar-refractivity contribution is -0.130. The van der Waals surface area contributed by atoms with E-state index in [1.54, 1.807) is 4.90 Å². The summed E-state index contributed by atoms with van der Waals surface area (Å²) >= 11 is 0. The Bertz CT molecular complexity index is 386. The molecule has 0 radical (unpaired) electrons. The minimum absolute atomic E-state index is 0.155. The van der Waals surface area contributed by atoms with E-state index in [9.17, 15) is 9.90 Å². The molecule has 1 aromatic rings. The lowest BCUT2D eigenvalue weighted by atomic mass is 10.1. The lowest BCUT2D eigenvalue weighted by Gasteiger charge is -2.15. The van der Waals surface area contributed by atoms with Crippen LogP contribution in [-0.4, -0.2) is 35.1 Å². The van der Waals surface area contributed by atoms with Gasteiger partial charge in [-0.1, -0.05) is 29.8 Å². The summed E-state index contributed by atoms with van der Waals surface area (Å²) in [5.74, 6) is 0.155. The molecule has 1 aromatic carbocycles. The van der Waals surface area contributed by atoms with Gasteiger partial charge in [0.2, 0.25) is 5.91 Å². The highest BCUT2D eigenvalue weighted by molar-refractivity contribution is 5.76. The fourth-order valence-corrected chi connectivity index (χ4v) is 2.13. The van der Waals surface area contributed by atoms with Crippen molar-refractivity contribution in [2.45, 2.75) is 32.3 Å².